The largest absolute Gasteiger partial charge is 0.321 e. The Morgan fingerprint density at radius 3 is 2.70 bits per heavy atom. The highest BCUT2D eigenvalue weighted by molar-refractivity contribution is 6.03. The minimum absolute atomic E-state index is 0.258. The molecule has 1 saturated carbocycles. The summed E-state index contributed by atoms with van der Waals surface area (Å²) >= 11 is 0. The lowest BCUT2D eigenvalue weighted by Gasteiger charge is -2.10. The number of pyridine rings is 2. The van der Waals surface area contributed by atoms with Gasteiger partial charge in [0, 0.05) is 40.9 Å². The first-order valence-electron chi connectivity index (χ1n) is 11.4. The van der Waals surface area contributed by atoms with Gasteiger partial charge in [-0.3, -0.25) is 14.8 Å². The van der Waals surface area contributed by atoms with Gasteiger partial charge in [0.15, 0.2) is 5.82 Å². The third kappa shape index (κ3) is 4.39. The molecule has 0 unspecified atom stereocenters. The van der Waals surface area contributed by atoms with Crippen LogP contribution in [0.25, 0.3) is 22.5 Å². The third-order valence-electron chi connectivity index (χ3n) is 5.99. The van der Waals surface area contributed by atoms with Crippen molar-refractivity contribution in [3.63, 3.8) is 0 Å². The number of benzene rings is 1. The standard InChI is InChI=1S/C26H26N6O/c1-3-17-12-20(15-28-23(17)4-2)18-10-11-27-24(14-18)26(33)30-21-7-5-6-19(13-21)25-31-29-16-32(25)22-8-9-22/h5-7,10-16,22H,3-4,8-9H2,1-2H3,(H,30,33). The molecule has 1 amide bonds. The number of rotatable bonds is 7. The van der Waals surface area contributed by atoms with Crippen molar-refractivity contribution >= 4 is 11.6 Å². The molecule has 1 fully saturated rings. The first-order chi connectivity index (χ1) is 16.2. The number of nitrogens with zero attached hydrogens (tertiary/aromatic N) is 5. The number of aryl methyl sites for hydroxylation is 2. The molecule has 7 nitrogen and oxygen atoms in total. The molecule has 0 spiro atoms. The minimum atomic E-state index is -0.258. The number of carbonyl (C=O) groups is 1. The number of hydrogen-bond acceptors (Lipinski definition) is 5. The molecule has 5 rings (SSSR count). The van der Waals surface area contributed by atoms with E-state index in [-0.39, 0.29) is 5.91 Å². The summed E-state index contributed by atoms with van der Waals surface area (Å²) in [4.78, 5) is 21.9. The van der Waals surface area contributed by atoms with Gasteiger partial charge in [-0.15, -0.1) is 10.2 Å². The second-order valence-corrected chi connectivity index (χ2v) is 8.29. The van der Waals surface area contributed by atoms with Crippen molar-refractivity contribution in [3.05, 3.63) is 78.1 Å². The maximum absolute atomic E-state index is 13.0. The monoisotopic (exact) mass is 438 g/mol. The highest BCUT2D eigenvalue weighted by atomic mass is 16.1. The average molecular weight is 439 g/mol. The van der Waals surface area contributed by atoms with E-state index in [1.54, 1.807) is 12.5 Å². The van der Waals surface area contributed by atoms with Gasteiger partial charge in [-0.2, -0.15) is 0 Å². The first-order valence-corrected chi connectivity index (χ1v) is 11.4. The number of anilines is 1. The Kier molecular flexibility index (Phi) is 5.69. The lowest BCUT2D eigenvalue weighted by Crippen LogP contribution is -2.13. The molecule has 3 aromatic heterocycles. The molecule has 0 bridgehead atoms. The molecule has 1 N–H and O–H groups in total. The van der Waals surface area contributed by atoms with Crippen LogP contribution in [0.15, 0.2) is 61.2 Å². The zero-order chi connectivity index (χ0) is 22.8. The zero-order valence-electron chi connectivity index (χ0n) is 18.8. The number of carbonyl (C=O) groups excluding carboxylic acids is 1. The van der Waals surface area contributed by atoms with Gasteiger partial charge in [0.05, 0.1) is 0 Å². The molecule has 33 heavy (non-hydrogen) atoms. The Balaban J connectivity index is 1.37. The highest BCUT2D eigenvalue weighted by Crippen LogP contribution is 2.37. The molecule has 3 heterocycles. The Morgan fingerprint density at radius 2 is 1.91 bits per heavy atom. The summed E-state index contributed by atoms with van der Waals surface area (Å²) in [5.74, 6) is 0.565. The fourth-order valence-corrected chi connectivity index (χ4v) is 4.06. The Morgan fingerprint density at radius 1 is 1.03 bits per heavy atom. The molecular formula is C26H26N6O. The minimum Gasteiger partial charge on any atom is -0.321 e. The third-order valence-corrected chi connectivity index (χ3v) is 5.99. The summed E-state index contributed by atoms with van der Waals surface area (Å²) in [6.07, 6.45) is 9.45. The maximum atomic E-state index is 13.0. The van der Waals surface area contributed by atoms with Gasteiger partial charge in [-0.1, -0.05) is 26.0 Å². The number of nitrogens with one attached hydrogen (secondary N) is 1. The molecular weight excluding hydrogens is 412 g/mol. The van der Waals surface area contributed by atoms with Gasteiger partial charge < -0.3 is 9.88 Å². The van der Waals surface area contributed by atoms with Crippen LogP contribution in [0.1, 0.15) is 54.5 Å². The van der Waals surface area contributed by atoms with E-state index < -0.39 is 0 Å². The first kappa shape index (κ1) is 21.0. The predicted octanol–water partition coefficient (Wildman–Crippen LogP) is 5.11. The van der Waals surface area contributed by atoms with Crippen LogP contribution >= 0.6 is 0 Å². The maximum Gasteiger partial charge on any atom is 0.274 e. The Bertz CT molecular complexity index is 1310. The van der Waals surface area contributed by atoms with E-state index in [1.165, 1.54) is 5.56 Å². The second-order valence-electron chi connectivity index (χ2n) is 8.29. The van der Waals surface area contributed by atoms with E-state index in [1.807, 2.05) is 42.6 Å². The molecule has 1 aliphatic rings. The highest BCUT2D eigenvalue weighted by Gasteiger charge is 2.26. The van der Waals surface area contributed by atoms with Crippen molar-refractivity contribution in [3.8, 4) is 22.5 Å². The van der Waals surface area contributed by atoms with Gasteiger partial charge >= 0.3 is 0 Å². The van der Waals surface area contributed by atoms with Gasteiger partial charge in [0.25, 0.3) is 5.91 Å². The second kappa shape index (κ2) is 8.94. The predicted molar refractivity (Wildman–Crippen MR) is 128 cm³/mol. The van der Waals surface area contributed by atoms with E-state index >= 15 is 0 Å². The van der Waals surface area contributed by atoms with Gasteiger partial charge in [0.1, 0.15) is 12.0 Å². The smallest absolute Gasteiger partial charge is 0.274 e. The molecule has 0 atom stereocenters. The summed E-state index contributed by atoms with van der Waals surface area (Å²) < 4.78 is 2.11. The molecule has 1 aliphatic carbocycles. The van der Waals surface area contributed by atoms with E-state index in [4.69, 9.17) is 0 Å². The molecule has 4 aromatic rings. The summed E-state index contributed by atoms with van der Waals surface area (Å²) in [5, 5.41) is 11.3. The SMILES string of the molecule is CCc1cc(-c2ccnc(C(=O)Nc3cccc(-c4nncn4C4CC4)c3)c2)cnc1CC. The van der Waals surface area contributed by atoms with Crippen LogP contribution < -0.4 is 5.32 Å². The van der Waals surface area contributed by atoms with E-state index in [2.05, 4.69) is 50.0 Å². The number of aromatic nitrogens is 5. The van der Waals surface area contributed by atoms with E-state index in [0.717, 1.165) is 53.9 Å². The quantitative estimate of drug-likeness (QED) is 0.433. The van der Waals surface area contributed by atoms with Crippen molar-refractivity contribution in [1.82, 2.24) is 24.7 Å². The average Bonchev–Trinajstić information content (AvgIpc) is 3.59. The molecule has 0 saturated heterocycles. The van der Waals surface area contributed by atoms with Crippen molar-refractivity contribution in [2.45, 2.75) is 45.6 Å². The Hall–Kier alpha value is -3.87. The molecule has 1 aromatic carbocycles. The van der Waals surface area contributed by atoms with Crippen molar-refractivity contribution < 1.29 is 4.79 Å². The lowest BCUT2D eigenvalue weighted by molar-refractivity contribution is 0.102. The van der Waals surface area contributed by atoms with Crippen LogP contribution in [0.2, 0.25) is 0 Å². The van der Waals surface area contributed by atoms with Crippen molar-refractivity contribution in [1.29, 1.82) is 0 Å². The van der Waals surface area contributed by atoms with E-state index in [0.29, 0.717) is 17.4 Å². The molecule has 0 aliphatic heterocycles. The van der Waals surface area contributed by atoms with Crippen LogP contribution in [-0.4, -0.2) is 30.6 Å². The number of hydrogen-bond donors (Lipinski definition) is 1. The van der Waals surface area contributed by atoms with Gasteiger partial charge in [-0.05, 0) is 67.1 Å². The van der Waals surface area contributed by atoms with Crippen LogP contribution in [0.5, 0.6) is 0 Å². The van der Waals surface area contributed by atoms with Gasteiger partial charge in [0.2, 0.25) is 0 Å². The van der Waals surface area contributed by atoms with E-state index in [9.17, 15) is 4.79 Å². The van der Waals surface area contributed by atoms with Crippen LogP contribution in [0.4, 0.5) is 5.69 Å². The van der Waals surface area contributed by atoms with Crippen LogP contribution in [0, 0.1) is 0 Å². The summed E-state index contributed by atoms with van der Waals surface area (Å²) in [6, 6.07) is 14.0. The number of amides is 1. The van der Waals surface area contributed by atoms with Crippen molar-refractivity contribution in [2.75, 3.05) is 5.32 Å². The normalized spacial score (nSPS) is 13.2. The van der Waals surface area contributed by atoms with Crippen LogP contribution in [0.3, 0.4) is 0 Å². The van der Waals surface area contributed by atoms with Gasteiger partial charge in [-0.25, -0.2) is 0 Å². The molecule has 7 heteroatoms. The topological polar surface area (TPSA) is 85.6 Å². The Labute approximate surface area is 192 Å². The lowest BCUT2D eigenvalue weighted by atomic mass is 10.0. The summed E-state index contributed by atoms with van der Waals surface area (Å²) in [7, 11) is 0. The summed E-state index contributed by atoms with van der Waals surface area (Å²) in [5.41, 5.74) is 6.23. The van der Waals surface area contributed by atoms with Crippen LogP contribution in [-0.2, 0) is 12.8 Å². The fraction of sp³-hybridized carbons (Fsp3) is 0.269. The van der Waals surface area contributed by atoms with Crippen molar-refractivity contribution in [2.24, 2.45) is 0 Å². The molecule has 0 radical (unpaired) electrons. The fourth-order valence-electron chi connectivity index (χ4n) is 4.06. The molecule has 166 valence electrons. The summed E-state index contributed by atoms with van der Waals surface area (Å²) in [6.45, 7) is 4.24. The zero-order valence-corrected chi connectivity index (χ0v) is 18.8.